The topological polar surface area (TPSA) is 61.6 Å². The predicted octanol–water partition coefficient (Wildman–Crippen LogP) is 3.23. The number of esters is 1. The Morgan fingerprint density at radius 2 is 1.86 bits per heavy atom. The molecule has 2 rings (SSSR count). The molecule has 21 heavy (non-hydrogen) atoms. The number of nitrogens with zero attached hydrogens (tertiary/aromatic N) is 1. The fourth-order valence-electron chi connectivity index (χ4n) is 1.89. The summed E-state index contributed by atoms with van der Waals surface area (Å²) in [5.41, 5.74) is 1.50. The highest BCUT2D eigenvalue weighted by atomic mass is 16.5. The first-order valence-corrected chi connectivity index (χ1v) is 6.95. The lowest BCUT2D eigenvalue weighted by atomic mass is 10.1. The summed E-state index contributed by atoms with van der Waals surface area (Å²) in [5, 5.41) is 3.82. The maximum absolute atomic E-state index is 11.9. The van der Waals surface area contributed by atoms with Crippen LogP contribution in [0.2, 0.25) is 0 Å². The Morgan fingerprint density at radius 3 is 2.43 bits per heavy atom. The van der Waals surface area contributed by atoms with E-state index in [1.807, 2.05) is 6.92 Å². The van der Waals surface area contributed by atoms with Crippen molar-refractivity contribution in [1.82, 2.24) is 5.16 Å². The smallest absolute Gasteiger partial charge is 0.315 e. The maximum atomic E-state index is 11.9. The lowest BCUT2D eigenvalue weighted by Crippen LogP contribution is -2.12. The quantitative estimate of drug-likeness (QED) is 0.603. The average molecular weight is 289 g/mol. The molecule has 112 valence electrons. The van der Waals surface area contributed by atoms with Crippen molar-refractivity contribution in [3.8, 4) is 11.5 Å². The average Bonchev–Trinajstić information content (AvgIpc) is 2.78. The van der Waals surface area contributed by atoms with E-state index in [0.717, 1.165) is 17.7 Å². The highest BCUT2D eigenvalue weighted by molar-refractivity contribution is 5.75. The van der Waals surface area contributed by atoms with Gasteiger partial charge in [-0.05, 0) is 44.5 Å². The number of hydrogen-bond acceptors (Lipinski definition) is 5. The molecule has 0 N–H and O–H groups in total. The number of benzene rings is 1. The Bertz CT molecular complexity index is 582. The molecule has 1 aromatic carbocycles. The first-order valence-electron chi connectivity index (χ1n) is 6.95. The van der Waals surface area contributed by atoms with Crippen molar-refractivity contribution in [3.05, 3.63) is 41.3 Å². The molecule has 5 heteroatoms. The van der Waals surface area contributed by atoms with Gasteiger partial charge in [-0.25, -0.2) is 0 Å². The number of rotatable bonds is 6. The fraction of sp³-hybridized carbons (Fsp3) is 0.375. The van der Waals surface area contributed by atoms with Crippen LogP contribution in [-0.4, -0.2) is 17.7 Å². The van der Waals surface area contributed by atoms with E-state index in [2.05, 4.69) is 5.16 Å². The molecule has 0 unspecified atom stereocenters. The van der Waals surface area contributed by atoms with Crippen LogP contribution in [-0.2, 0) is 11.2 Å². The van der Waals surface area contributed by atoms with E-state index in [9.17, 15) is 4.79 Å². The van der Waals surface area contributed by atoms with Gasteiger partial charge in [-0.1, -0.05) is 12.1 Å². The zero-order valence-corrected chi connectivity index (χ0v) is 12.5. The summed E-state index contributed by atoms with van der Waals surface area (Å²) in [6.07, 6.45) is 1.10. The molecule has 0 atom stereocenters. The van der Waals surface area contributed by atoms with Crippen molar-refractivity contribution in [1.29, 1.82) is 0 Å². The van der Waals surface area contributed by atoms with Gasteiger partial charge in [0.1, 0.15) is 17.3 Å². The Morgan fingerprint density at radius 1 is 1.19 bits per heavy atom. The molecule has 0 saturated carbocycles. The van der Waals surface area contributed by atoms with Gasteiger partial charge < -0.3 is 14.0 Å². The van der Waals surface area contributed by atoms with E-state index >= 15 is 0 Å². The summed E-state index contributed by atoms with van der Waals surface area (Å²) >= 11 is 0. The Hall–Kier alpha value is -2.30. The van der Waals surface area contributed by atoms with Crippen LogP contribution < -0.4 is 9.47 Å². The number of hydrogen-bond donors (Lipinski definition) is 0. The molecule has 0 aliphatic rings. The molecule has 0 aliphatic heterocycles. The van der Waals surface area contributed by atoms with E-state index in [1.165, 1.54) is 0 Å². The predicted molar refractivity (Wildman–Crippen MR) is 77.5 cm³/mol. The zero-order valence-electron chi connectivity index (χ0n) is 12.5. The molecule has 0 radical (unpaired) electrons. The molecule has 0 aliphatic carbocycles. The first-order chi connectivity index (χ1) is 10.1. The summed E-state index contributed by atoms with van der Waals surface area (Å²) in [5.74, 6) is 1.57. The highest BCUT2D eigenvalue weighted by Crippen LogP contribution is 2.19. The minimum Gasteiger partial charge on any atom is -0.494 e. The molecule has 5 nitrogen and oxygen atoms in total. The molecule has 1 aromatic heterocycles. The molecule has 0 spiro atoms. The fourth-order valence-corrected chi connectivity index (χ4v) is 1.89. The van der Waals surface area contributed by atoms with Crippen LogP contribution >= 0.6 is 0 Å². The van der Waals surface area contributed by atoms with Crippen molar-refractivity contribution in [2.75, 3.05) is 6.61 Å². The molecule has 2 aromatic rings. The van der Waals surface area contributed by atoms with Gasteiger partial charge in [-0.2, -0.15) is 0 Å². The first kappa shape index (κ1) is 15.1. The van der Waals surface area contributed by atoms with Gasteiger partial charge >= 0.3 is 5.97 Å². The van der Waals surface area contributed by atoms with Crippen LogP contribution in [0.3, 0.4) is 0 Å². The summed E-state index contributed by atoms with van der Waals surface area (Å²) < 4.78 is 15.8. The lowest BCUT2D eigenvalue weighted by molar-refractivity contribution is -0.133. The second kappa shape index (κ2) is 6.92. The molecule has 0 bridgehead atoms. The monoisotopic (exact) mass is 289 g/mol. The number of aryl methyl sites for hydroxylation is 2. The van der Waals surface area contributed by atoms with Crippen LogP contribution in [0.4, 0.5) is 0 Å². The third-order valence-corrected chi connectivity index (χ3v) is 3.03. The van der Waals surface area contributed by atoms with Gasteiger partial charge in [-0.15, -0.1) is 0 Å². The maximum Gasteiger partial charge on any atom is 0.315 e. The minimum atomic E-state index is -0.341. The van der Waals surface area contributed by atoms with Gasteiger partial charge in [0.05, 0.1) is 18.7 Å². The Kier molecular flexibility index (Phi) is 4.98. The van der Waals surface area contributed by atoms with Crippen molar-refractivity contribution < 1.29 is 18.8 Å². The highest BCUT2D eigenvalue weighted by Gasteiger charge is 2.15. The molecule has 0 fully saturated rings. The number of carbonyl (C=O) groups excluding carboxylic acids is 1. The third-order valence-electron chi connectivity index (χ3n) is 3.03. The Labute approximate surface area is 123 Å². The van der Waals surface area contributed by atoms with Crippen LogP contribution in [0, 0.1) is 13.8 Å². The molecule has 0 amide bonds. The normalized spacial score (nSPS) is 10.4. The van der Waals surface area contributed by atoms with E-state index < -0.39 is 0 Å². The van der Waals surface area contributed by atoms with E-state index in [4.69, 9.17) is 14.0 Å². The summed E-state index contributed by atoms with van der Waals surface area (Å²) in [7, 11) is 0. The van der Waals surface area contributed by atoms with Gasteiger partial charge in [0.15, 0.2) is 0 Å². The van der Waals surface area contributed by atoms with Crippen LogP contribution in [0.15, 0.2) is 28.8 Å². The van der Waals surface area contributed by atoms with E-state index in [-0.39, 0.29) is 12.4 Å². The number of aromatic nitrogens is 1. The molecule has 0 saturated heterocycles. The number of carbonyl (C=O) groups is 1. The standard InChI is InChI=1S/C16H19NO4/c1-4-9-19-13-5-7-14(8-6-13)20-16(18)10-15-11(2)17-21-12(15)3/h5-8H,4,9-10H2,1-3H3. The molecule has 1 heterocycles. The van der Waals surface area contributed by atoms with Crippen LogP contribution in [0.5, 0.6) is 11.5 Å². The van der Waals surface area contributed by atoms with Gasteiger partial charge in [0.2, 0.25) is 0 Å². The summed E-state index contributed by atoms with van der Waals surface area (Å²) in [6, 6.07) is 7.01. The van der Waals surface area contributed by atoms with Crippen molar-refractivity contribution in [3.63, 3.8) is 0 Å². The van der Waals surface area contributed by atoms with Crippen LogP contribution in [0.1, 0.15) is 30.4 Å². The minimum absolute atomic E-state index is 0.148. The van der Waals surface area contributed by atoms with Crippen molar-refractivity contribution in [2.45, 2.75) is 33.6 Å². The van der Waals surface area contributed by atoms with E-state index in [1.54, 1.807) is 38.1 Å². The van der Waals surface area contributed by atoms with Crippen molar-refractivity contribution >= 4 is 5.97 Å². The number of ether oxygens (including phenoxy) is 2. The SMILES string of the molecule is CCCOc1ccc(OC(=O)Cc2c(C)noc2C)cc1. The van der Waals surface area contributed by atoms with Gasteiger partial charge in [-0.3, -0.25) is 4.79 Å². The largest absolute Gasteiger partial charge is 0.494 e. The zero-order chi connectivity index (χ0) is 15.2. The summed E-state index contributed by atoms with van der Waals surface area (Å²) in [6.45, 7) is 6.30. The second-order valence-electron chi connectivity index (χ2n) is 4.77. The molecular formula is C16H19NO4. The van der Waals surface area contributed by atoms with Crippen LogP contribution in [0.25, 0.3) is 0 Å². The van der Waals surface area contributed by atoms with Crippen molar-refractivity contribution in [2.24, 2.45) is 0 Å². The summed E-state index contributed by atoms with van der Waals surface area (Å²) in [4.78, 5) is 11.9. The third kappa shape index (κ3) is 4.08. The molecular weight excluding hydrogens is 270 g/mol. The van der Waals surface area contributed by atoms with Gasteiger partial charge in [0.25, 0.3) is 0 Å². The van der Waals surface area contributed by atoms with Gasteiger partial charge in [0, 0.05) is 5.56 Å². The second-order valence-corrected chi connectivity index (χ2v) is 4.77. The van der Waals surface area contributed by atoms with E-state index in [0.29, 0.717) is 23.8 Å². The lowest BCUT2D eigenvalue weighted by Gasteiger charge is -2.07. The Balaban J connectivity index is 1.93.